The van der Waals surface area contributed by atoms with Crippen molar-refractivity contribution in [1.29, 1.82) is 0 Å². The first-order valence-corrected chi connectivity index (χ1v) is 9.55. The number of fused-ring (bicyclic) bond motifs is 1. The molecule has 0 saturated carbocycles. The van der Waals surface area contributed by atoms with Gasteiger partial charge in [-0.25, -0.2) is 4.79 Å². The van der Waals surface area contributed by atoms with Crippen LogP contribution in [0, 0.1) is 6.92 Å². The molecule has 0 aliphatic carbocycles. The normalized spacial score (nSPS) is 15.8. The first kappa shape index (κ1) is 19.3. The third-order valence-corrected chi connectivity index (χ3v) is 4.88. The number of amides is 2. The van der Waals surface area contributed by atoms with Crippen molar-refractivity contribution < 1.29 is 14.3 Å². The minimum atomic E-state index is -0.502. The van der Waals surface area contributed by atoms with E-state index in [0.717, 1.165) is 29.4 Å². The summed E-state index contributed by atoms with van der Waals surface area (Å²) in [4.78, 5) is 26.6. The predicted octanol–water partition coefficient (Wildman–Crippen LogP) is 3.47. The second-order valence-corrected chi connectivity index (χ2v) is 8.23. The number of piperidine rings is 1. The van der Waals surface area contributed by atoms with E-state index in [-0.39, 0.29) is 18.0 Å². The number of rotatable bonds is 3. The molecule has 1 saturated heterocycles. The van der Waals surface area contributed by atoms with Crippen molar-refractivity contribution in [2.75, 3.05) is 13.1 Å². The van der Waals surface area contributed by atoms with E-state index in [9.17, 15) is 9.59 Å². The van der Waals surface area contributed by atoms with Crippen LogP contribution in [0.3, 0.4) is 0 Å². The fourth-order valence-corrected chi connectivity index (χ4v) is 3.54. The summed E-state index contributed by atoms with van der Waals surface area (Å²) in [5.41, 5.74) is 1.67. The Morgan fingerprint density at radius 2 is 1.85 bits per heavy atom. The second-order valence-electron chi connectivity index (χ2n) is 8.23. The summed E-state index contributed by atoms with van der Waals surface area (Å²) in [5, 5.41) is 4.07. The third-order valence-electron chi connectivity index (χ3n) is 4.88. The van der Waals surface area contributed by atoms with Crippen LogP contribution in [-0.2, 0) is 16.1 Å². The summed E-state index contributed by atoms with van der Waals surface area (Å²) >= 11 is 0. The van der Waals surface area contributed by atoms with Crippen LogP contribution in [0.5, 0.6) is 0 Å². The summed E-state index contributed by atoms with van der Waals surface area (Å²) in [6.07, 6.45) is 1.11. The highest BCUT2D eigenvalue weighted by Crippen LogP contribution is 2.20. The molecule has 2 heterocycles. The first-order chi connectivity index (χ1) is 12.7. The van der Waals surface area contributed by atoms with E-state index in [1.807, 2.05) is 50.8 Å². The highest BCUT2D eigenvalue weighted by atomic mass is 16.6. The van der Waals surface area contributed by atoms with Crippen LogP contribution in [-0.4, -0.2) is 46.2 Å². The van der Waals surface area contributed by atoms with Gasteiger partial charge in [0.2, 0.25) is 5.91 Å². The number of para-hydroxylation sites is 1. The second kappa shape index (κ2) is 7.62. The molecular formula is C21H29N3O3. The molecule has 0 atom stereocenters. The fourth-order valence-electron chi connectivity index (χ4n) is 3.54. The number of benzene rings is 1. The van der Waals surface area contributed by atoms with Crippen LogP contribution in [0.4, 0.5) is 4.79 Å². The van der Waals surface area contributed by atoms with E-state index >= 15 is 0 Å². The van der Waals surface area contributed by atoms with Gasteiger partial charge in [0.05, 0.1) is 0 Å². The van der Waals surface area contributed by atoms with Crippen molar-refractivity contribution in [3.63, 3.8) is 0 Å². The van der Waals surface area contributed by atoms with Crippen LogP contribution in [0.15, 0.2) is 30.3 Å². The number of alkyl carbamates (subject to hydrolysis) is 1. The van der Waals surface area contributed by atoms with Gasteiger partial charge >= 0.3 is 6.09 Å². The predicted molar refractivity (Wildman–Crippen MR) is 106 cm³/mol. The van der Waals surface area contributed by atoms with Gasteiger partial charge in [-0.05, 0) is 58.1 Å². The molecule has 6 heteroatoms. The molecule has 1 N–H and O–H groups in total. The Morgan fingerprint density at radius 1 is 1.19 bits per heavy atom. The smallest absolute Gasteiger partial charge is 0.407 e. The van der Waals surface area contributed by atoms with Crippen LogP contribution in [0.2, 0.25) is 0 Å². The number of ether oxygens (including phenoxy) is 1. The van der Waals surface area contributed by atoms with Crippen molar-refractivity contribution in [2.45, 2.75) is 58.7 Å². The molecule has 1 aliphatic rings. The summed E-state index contributed by atoms with van der Waals surface area (Å²) in [6.45, 7) is 9.23. The zero-order valence-corrected chi connectivity index (χ0v) is 16.6. The molecule has 1 aromatic carbocycles. The van der Waals surface area contributed by atoms with E-state index in [2.05, 4.69) is 22.0 Å². The maximum Gasteiger partial charge on any atom is 0.407 e. The molecule has 3 rings (SSSR count). The average Bonchev–Trinajstić information content (AvgIpc) is 2.89. The Labute approximate surface area is 160 Å². The highest BCUT2D eigenvalue weighted by Gasteiger charge is 2.26. The quantitative estimate of drug-likeness (QED) is 0.899. The first-order valence-electron chi connectivity index (χ1n) is 9.55. The Hall–Kier alpha value is -2.50. The van der Waals surface area contributed by atoms with Crippen LogP contribution < -0.4 is 5.32 Å². The van der Waals surface area contributed by atoms with Crippen LogP contribution >= 0.6 is 0 Å². The number of hydrogen-bond donors (Lipinski definition) is 1. The van der Waals surface area contributed by atoms with Gasteiger partial charge < -0.3 is 19.5 Å². The Bertz CT molecular complexity index is 827. The molecule has 146 valence electrons. The maximum absolute atomic E-state index is 12.8. The lowest BCUT2D eigenvalue weighted by Gasteiger charge is -2.33. The number of nitrogens with one attached hydrogen (secondary N) is 1. The number of aryl methyl sites for hydroxylation is 1. The highest BCUT2D eigenvalue weighted by molar-refractivity contribution is 5.84. The Kier molecular flexibility index (Phi) is 5.44. The Morgan fingerprint density at radius 3 is 2.52 bits per heavy atom. The van der Waals surface area contributed by atoms with E-state index in [1.165, 1.54) is 0 Å². The molecule has 0 radical (unpaired) electrons. The molecule has 1 aliphatic heterocycles. The molecule has 6 nitrogen and oxygen atoms in total. The largest absolute Gasteiger partial charge is 0.444 e. The van der Waals surface area contributed by atoms with E-state index in [0.29, 0.717) is 19.6 Å². The number of carbonyl (C=O) groups excluding carboxylic acids is 2. The molecular weight excluding hydrogens is 342 g/mol. The lowest BCUT2D eigenvalue weighted by molar-refractivity contribution is -0.132. The molecule has 2 aromatic rings. The molecule has 1 fully saturated rings. The SMILES string of the molecule is Cc1cc2ccccc2n1CC(=O)N1CCC(NC(=O)OC(C)(C)C)CC1. The Balaban J connectivity index is 1.54. The number of carbonyl (C=O) groups is 2. The molecule has 0 spiro atoms. The lowest BCUT2D eigenvalue weighted by atomic mass is 10.1. The van der Waals surface area contributed by atoms with Gasteiger partial charge in [-0.15, -0.1) is 0 Å². The van der Waals surface area contributed by atoms with Crippen molar-refractivity contribution in [2.24, 2.45) is 0 Å². The summed E-state index contributed by atoms with van der Waals surface area (Å²) in [5.74, 6) is 0.121. The van der Waals surface area contributed by atoms with Crippen molar-refractivity contribution in [3.8, 4) is 0 Å². The summed E-state index contributed by atoms with van der Waals surface area (Å²) in [6, 6.07) is 10.3. The van der Waals surface area contributed by atoms with Gasteiger partial charge in [0.1, 0.15) is 12.1 Å². The zero-order valence-electron chi connectivity index (χ0n) is 16.6. The minimum absolute atomic E-state index is 0.0537. The summed E-state index contributed by atoms with van der Waals surface area (Å²) in [7, 11) is 0. The molecule has 0 unspecified atom stereocenters. The van der Waals surface area contributed by atoms with Crippen molar-refractivity contribution in [1.82, 2.24) is 14.8 Å². The molecule has 0 bridgehead atoms. The minimum Gasteiger partial charge on any atom is -0.444 e. The van der Waals surface area contributed by atoms with Crippen LogP contribution in [0.25, 0.3) is 10.9 Å². The number of likely N-dealkylation sites (tertiary alicyclic amines) is 1. The third kappa shape index (κ3) is 4.81. The molecule has 2 amide bonds. The van der Waals surface area contributed by atoms with E-state index in [4.69, 9.17) is 4.74 Å². The maximum atomic E-state index is 12.8. The van der Waals surface area contributed by atoms with Gasteiger partial charge in [0.15, 0.2) is 0 Å². The zero-order chi connectivity index (χ0) is 19.6. The van der Waals surface area contributed by atoms with E-state index < -0.39 is 5.60 Å². The average molecular weight is 371 g/mol. The van der Waals surface area contributed by atoms with Crippen molar-refractivity contribution >= 4 is 22.9 Å². The standard InChI is InChI=1S/C21H29N3O3/c1-15-13-16-7-5-6-8-18(16)24(15)14-19(25)23-11-9-17(10-12-23)22-20(26)27-21(2,3)4/h5-8,13,17H,9-12,14H2,1-4H3,(H,22,26). The van der Waals surface area contributed by atoms with Gasteiger partial charge in [-0.2, -0.15) is 0 Å². The van der Waals surface area contributed by atoms with Gasteiger partial charge in [0.25, 0.3) is 0 Å². The van der Waals surface area contributed by atoms with Gasteiger partial charge in [-0.3, -0.25) is 4.79 Å². The number of nitrogens with zero attached hydrogens (tertiary/aromatic N) is 2. The topological polar surface area (TPSA) is 63.6 Å². The monoisotopic (exact) mass is 371 g/mol. The van der Waals surface area contributed by atoms with E-state index in [1.54, 1.807) is 0 Å². The summed E-state index contributed by atoms with van der Waals surface area (Å²) < 4.78 is 7.38. The lowest BCUT2D eigenvalue weighted by Crippen LogP contribution is -2.48. The fraction of sp³-hybridized carbons (Fsp3) is 0.524. The molecule has 27 heavy (non-hydrogen) atoms. The van der Waals surface area contributed by atoms with Gasteiger partial charge in [-0.1, -0.05) is 18.2 Å². The van der Waals surface area contributed by atoms with Crippen LogP contribution in [0.1, 0.15) is 39.3 Å². The number of hydrogen-bond acceptors (Lipinski definition) is 3. The van der Waals surface area contributed by atoms with Crippen molar-refractivity contribution in [3.05, 3.63) is 36.0 Å². The van der Waals surface area contributed by atoms with Gasteiger partial charge in [0, 0.05) is 30.3 Å². The number of aromatic nitrogens is 1. The molecule has 1 aromatic heterocycles.